The second-order valence-corrected chi connectivity index (χ2v) is 10.8. The van der Waals surface area contributed by atoms with Gasteiger partial charge in [0.25, 0.3) is 15.9 Å². The number of ether oxygens (including phenoxy) is 1. The number of sulfonamides is 1. The molecule has 11 heteroatoms. The Morgan fingerprint density at radius 2 is 1.59 bits per heavy atom. The van der Waals surface area contributed by atoms with E-state index in [4.69, 9.17) is 4.74 Å². The molecule has 2 amide bonds. The molecule has 1 aliphatic heterocycles. The zero-order chi connectivity index (χ0) is 26.3. The maximum absolute atomic E-state index is 13.0. The van der Waals surface area contributed by atoms with Crippen LogP contribution in [-0.4, -0.2) is 31.9 Å². The number of halogens is 1. The van der Waals surface area contributed by atoms with E-state index >= 15 is 0 Å². The first-order chi connectivity index (χ1) is 17.7. The normalized spacial score (nSPS) is 12.5. The summed E-state index contributed by atoms with van der Waals surface area (Å²) in [6, 6.07) is 20.9. The Balaban J connectivity index is 1.79. The van der Waals surface area contributed by atoms with Gasteiger partial charge in [0.2, 0.25) is 5.91 Å². The van der Waals surface area contributed by atoms with Crippen LogP contribution in [-0.2, 0) is 14.8 Å². The molecule has 0 bridgehead atoms. The third-order valence-electron chi connectivity index (χ3n) is 5.75. The lowest BCUT2D eigenvalue weighted by molar-refractivity contribution is -0.117. The van der Waals surface area contributed by atoms with Gasteiger partial charge in [-0.25, -0.2) is 13.1 Å². The average molecular weight is 579 g/mol. The minimum Gasteiger partial charge on any atom is -0.497 e. The van der Waals surface area contributed by atoms with E-state index in [1.807, 2.05) is 57.8 Å². The lowest BCUT2D eigenvalue weighted by Crippen LogP contribution is -2.28. The van der Waals surface area contributed by atoms with Crippen molar-refractivity contribution in [3.63, 3.8) is 0 Å². The summed E-state index contributed by atoms with van der Waals surface area (Å²) in [5, 5.41) is 8.02. The number of hydrogen-bond acceptors (Lipinski definition) is 6. The number of nitrogens with one attached hydrogen (secondary N) is 1. The predicted molar refractivity (Wildman–Crippen MR) is 141 cm³/mol. The third-order valence-corrected chi connectivity index (χ3v) is 7.72. The van der Waals surface area contributed by atoms with Crippen molar-refractivity contribution in [3.8, 4) is 34.0 Å². The number of carbonyl (C=O) groups excluding carboxylic acids is 2. The number of methoxy groups -OCH3 is 1. The smallest absolute Gasteiger partial charge is 0.299 e. The molecule has 186 valence electrons. The number of benzene rings is 3. The predicted octanol–water partition coefficient (Wildman–Crippen LogP) is 5.64. The Kier molecular flexibility index (Phi) is 6.26. The van der Waals surface area contributed by atoms with E-state index < -0.39 is 21.8 Å². The molecule has 1 aliphatic rings. The Labute approximate surface area is 221 Å². The van der Waals surface area contributed by atoms with Crippen LogP contribution >= 0.6 is 15.9 Å². The number of hydrogen-bond donors (Lipinski definition) is 1. The van der Waals surface area contributed by atoms with E-state index in [1.165, 1.54) is 12.1 Å². The summed E-state index contributed by atoms with van der Waals surface area (Å²) < 4.78 is 35.1. The van der Waals surface area contributed by atoms with Gasteiger partial charge in [0.15, 0.2) is 0 Å². The van der Waals surface area contributed by atoms with Crippen molar-refractivity contribution >= 4 is 43.5 Å². The molecule has 1 N–H and O–H groups in total. The van der Waals surface area contributed by atoms with Gasteiger partial charge in [-0.15, -0.1) is 10.2 Å². The Hall–Kier alpha value is -4.09. The average Bonchev–Trinajstić information content (AvgIpc) is 3.41. The highest BCUT2D eigenvalue weighted by molar-refractivity contribution is 9.10. The van der Waals surface area contributed by atoms with Crippen molar-refractivity contribution in [1.29, 1.82) is 0 Å². The van der Waals surface area contributed by atoms with Crippen LogP contribution in [0.4, 0.5) is 5.69 Å². The first-order valence-electron chi connectivity index (χ1n) is 11.0. The van der Waals surface area contributed by atoms with Crippen molar-refractivity contribution in [2.45, 2.75) is 11.8 Å². The second kappa shape index (κ2) is 9.41. The van der Waals surface area contributed by atoms with Crippen molar-refractivity contribution in [2.75, 3.05) is 7.11 Å². The number of carbonyl (C=O) groups is 2. The maximum Gasteiger partial charge on any atom is 0.299 e. The van der Waals surface area contributed by atoms with Crippen LogP contribution < -0.4 is 9.46 Å². The summed E-state index contributed by atoms with van der Waals surface area (Å²) in [6.07, 6.45) is 0. The van der Waals surface area contributed by atoms with Crippen LogP contribution in [0.25, 0.3) is 28.2 Å². The van der Waals surface area contributed by atoms with Crippen LogP contribution in [0.1, 0.15) is 17.3 Å². The van der Waals surface area contributed by atoms with E-state index in [2.05, 4.69) is 26.2 Å². The van der Waals surface area contributed by atoms with Gasteiger partial charge in [0, 0.05) is 28.7 Å². The number of aromatic nitrogens is 1. The molecular formula is C26H19BrN4O5S. The largest absolute Gasteiger partial charge is 0.497 e. The molecule has 0 unspecified atom stereocenters. The molecule has 2 heterocycles. The Bertz CT molecular complexity index is 1690. The SMILES string of the molecule is COc1cccc(-n2c(-c3ccc(Br)cc3)c3c(c2-c2ccc(S(=O)(=O)NC(C)=O)cc2)C(=O)N=N3)c1. The Morgan fingerprint density at radius 1 is 0.946 bits per heavy atom. The van der Waals surface area contributed by atoms with E-state index in [1.54, 1.807) is 19.2 Å². The highest BCUT2D eigenvalue weighted by Crippen LogP contribution is 2.48. The minimum absolute atomic E-state index is 0.0867. The summed E-state index contributed by atoms with van der Waals surface area (Å²) >= 11 is 3.46. The molecule has 5 rings (SSSR count). The quantitative estimate of drug-likeness (QED) is 0.317. The van der Waals surface area contributed by atoms with Crippen molar-refractivity contribution < 1.29 is 22.7 Å². The van der Waals surface area contributed by atoms with E-state index in [9.17, 15) is 18.0 Å². The minimum atomic E-state index is -4.03. The van der Waals surface area contributed by atoms with Gasteiger partial charge < -0.3 is 9.30 Å². The van der Waals surface area contributed by atoms with Crippen molar-refractivity contribution in [2.24, 2.45) is 10.2 Å². The summed E-state index contributed by atoms with van der Waals surface area (Å²) in [6.45, 7) is 1.12. The fourth-order valence-corrected chi connectivity index (χ4v) is 5.46. The molecule has 0 saturated heterocycles. The molecule has 3 aromatic carbocycles. The van der Waals surface area contributed by atoms with Gasteiger partial charge in [-0.2, -0.15) is 0 Å². The van der Waals surface area contributed by atoms with Crippen LogP contribution in [0.2, 0.25) is 0 Å². The summed E-state index contributed by atoms with van der Waals surface area (Å²) in [7, 11) is -2.46. The van der Waals surface area contributed by atoms with Crippen LogP contribution in [0.3, 0.4) is 0 Å². The first-order valence-corrected chi connectivity index (χ1v) is 13.3. The van der Waals surface area contributed by atoms with E-state index in [-0.39, 0.29) is 4.90 Å². The lowest BCUT2D eigenvalue weighted by atomic mass is 10.1. The van der Waals surface area contributed by atoms with Gasteiger partial charge in [-0.3, -0.25) is 9.59 Å². The molecule has 0 spiro atoms. The van der Waals surface area contributed by atoms with Crippen LogP contribution in [0, 0.1) is 0 Å². The molecule has 0 aliphatic carbocycles. The fourth-order valence-electron chi connectivity index (χ4n) is 4.20. The van der Waals surface area contributed by atoms with Gasteiger partial charge in [-0.1, -0.05) is 46.3 Å². The van der Waals surface area contributed by atoms with Gasteiger partial charge >= 0.3 is 0 Å². The Morgan fingerprint density at radius 3 is 2.24 bits per heavy atom. The molecule has 0 fully saturated rings. The van der Waals surface area contributed by atoms with Gasteiger partial charge in [0.05, 0.1) is 29.0 Å². The second-order valence-electron chi connectivity index (χ2n) is 8.16. The molecular weight excluding hydrogens is 560 g/mol. The van der Waals surface area contributed by atoms with E-state index in [0.29, 0.717) is 39.6 Å². The maximum atomic E-state index is 13.0. The summed E-state index contributed by atoms with van der Waals surface area (Å²) in [4.78, 5) is 24.2. The van der Waals surface area contributed by atoms with Crippen molar-refractivity contribution in [1.82, 2.24) is 9.29 Å². The van der Waals surface area contributed by atoms with Gasteiger partial charge in [0.1, 0.15) is 11.4 Å². The molecule has 37 heavy (non-hydrogen) atoms. The topological polar surface area (TPSA) is 119 Å². The molecule has 0 atom stereocenters. The number of fused-ring (bicyclic) bond motifs is 1. The number of nitrogens with zero attached hydrogens (tertiary/aromatic N) is 3. The monoisotopic (exact) mass is 578 g/mol. The summed E-state index contributed by atoms with van der Waals surface area (Å²) in [5.74, 6) is -0.578. The van der Waals surface area contributed by atoms with Gasteiger partial charge in [-0.05, 0) is 42.0 Å². The molecule has 9 nitrogen and oxygen atoms in total. The standard InChI is InChI=1S/C26H19BrN4O5S/c1-15(32)30-37(34,35)21-12-8-16(9-13-21)24-22-23(28-29-26(22)33)25(17-6-10-18(27)11-7-17)31(24)19-4-3-5-20(14-19)36-2/h3-14H,1-2H3,(H,30,32). The third kappa shape index (κ3) is 4.47. The fraction of sp³-hybridized carbons (Fsp3) is 0.0769. The van der Waals surface area contributed by atoms with Crippen LogP contribution in [0.15, 0.2) is 92.4 Å². The van der Waals surface area contributed by atoms with Crippen molar-refractivity contribution in [3.05, 3.63) is 82.8 Å². The first kappa shape index (κ1) is 24.6. The zero-order valence-corrected chi connectivity index (χ0v) is 22.0. The highest BCUT2D eigenvalue weighted by atomic mass is 79.9. The lowest BCUT2D eigenvalue weighted by Gasteiger charge is -2.16. The number of amides is 2. The molecule has 0 radical (unpaired) electrons. The number of azo groups is 1. The molecule has 0 saturated carbocycles. The highest BCUT2D eigenvalue weighted by Gasteiger charge is 2.33. The molecule has 4 aromatic rings. The zero-order valence-electron chi connectivity index (χ0n) is 19.6. The number of rotatable bonds is 6. The molecule has 1 aromatic heterocycles. The summed E-state index contributed by atoms with van der Waals surface area (Å²) in [5.41, 5.74) is 3.93. The van der Waals surface area contributed by atoms with Crippen LogP contribution in [0.5, 0.6) is 5.75 Å². The van der Waals surface area contributed by atoms with E-state index in [0.717, 1.165) is 17.0 Å².